The Kier molecular flexibility index (Phi) is 6.24. The molecule has 0 aromatic carbocycles. The van der Waals surface area contributed by atoms with E-state index in [-0.39, 0.29) is 24.4 Å². The predicted octanol–water partition coefficient (Wildman–Crippen LogP) is 1.03. The monoisotopic (exact) mass is 354 g/mol. The van der Waals surface area contributed by atoms with Crippen LogP contribution in [0.1, 0.15) is 48.5 Å². The van der Waals surface area contributed by atoms with Crippen molar-refractivity contribution in [2.75, 3.05) is 19.6 Å². The first-order valence-corrected chi connectivity index (χ1v) is 8.80. The zero-order valence-corrected chi connectivity index (χ0v) is 14.7. The Morgan fingerprint density at radius 2 is 2.08 bits per heavy atom. The van der Waals surface area contributed by atoms with Crippen LogP contribution in [-0.4, -0.2) is 68.0 Å². The minimum Gasteiger partial charge on any atom is -0.480 e. The quantitative estimate of drug-likeness (QED) is 0.847. The molecule has 0 unspecified atom stereocenters. The Labute approximate surface area is 144 Å². The number of likely N-dealkylation sites (tertiary alicyclic amines) is 1. The number of carboxylic acids is 1. The summed E-state index contributed by atoms with van der Waals surface area (Å²) in [6, 6.07) is -0.151. The van der Waals surface area contributed by atoms with Crippen molar-refractivity contribution in [1.82, 2.24) is 19.4 Å². The van der Waals surface area contributed by atoms with Crippen LogP contribution in [0.5, 0.6) is 0 Å². The number of aryl methyl sites for hydroxylation is 1. The van der Waals surface area contributed by atoms with E-state index >= 15 is 0 Å². The highest BCUT2D eigenvalue weighted by atomic mass is 32.1. The lowest BCUT2D eigenvalue weighted by molar-refractivity contribution is -0.145. The van der Waals surface area contributed by atoms with Gasteiger partial charge in [-0.3, -0.25) is 14.4 Å². The number of nitrogens with zero attached hydrogens (tertiary/aromatic N) is 4. The van der Waals surface area contributed by atoms with Gasteiger partial charge in [-0.05, 0) is 37.2 Å². The summed E-state index contributed by atoms with van der Waals surface area (Å²) in [7, 11) is 0. The molecule has 0 saturated carbocycles. The van der Waals surface area contributed by atoms with Crippen molar-refractivity contribution in [3.8, 4) is 0 Å². The van der Waals surface area contributed by atoms with Gasteiger partial charge < -0.3 is 14.9 Å². The summed E-state index contributed by atoms with van der Waals surface area (Å²) in [5.41, 5.74) is 0.710. The highest BCUT2D eigenvalue weighted by Crippen LogP contribution is 2.21. The van der Waals surface area contributed by atoms with Crippen LogP contribution in [0.3, 0.4) is 0 Å². The van der Waals surface area contributed by atoms with Crippen LogP contribution in [0.25, 0.3) is 0 Å². The first-order chi connectivity index (χ1) is 11.4. The number of carbonyl (C=O) groups is 3. The Bertz CT molecular complexity index is 618. The fraction of sp³-hybridized carbons (Fsp3) is 0.667. The third-order valence-electron chi connectivity index (χ3n) is 4.22. The number of carboxylic acid groups (broad SMARTS) is 1. The normalized spacial score (nSPS) is 18.1. The van der Waals surface area contributed by atoms with E-state index in [2.05, 4.69) is 9.59 Å². The van der Waals surface area contributed by atoms with Crippen LogP contribution in [0, 0.1) is 0 Å². The van der Waals surface area contributed by atoms with Gasteiger partial charge in [0, 0.05) is 26.1 Å². The maximum absolute atomic E-state index is 12.7. The van der Waals surface area contributed by atoms with Crippen molar-refractivity contribution in [3.63, 3.8) is 0 Å². The average molecular weight is 354 g/mol. The van der Waals surface area contributed by atoms with Gasteiger partial charge in [0.15, 0.2) is 0 Å². The molecule has 1 aliphatic heterocycles. The van der Waals surface area contributed by atoms with Gasteiger partial charge in [0.25, 0.3) is 5.91 Å². The van der Waals surface area contributed by atoms with E-state index in [4.69, 9.17) is 5.11 Å². The lowest BCUT2D eigenvalue weighted by atomic mass is 10.1. The van der Waals surface area contributed by atoms with Gasteiger partial charge in [0.2, 0.25) is 5.91 Å². The van der Waals surface area contributed by atoms with Gasteiger partial charge in [-0.2, -0.15) is 0 Å². The molecule has 1 N–H and O–H groups in total. The Hall–Kier alpha value is -2.03. The molecular weight excluding hydrogens is 332 g/mol. The molecule has 2 rings (SSSR count). The standard InChI is InChI=1S/C15H22N4O4S/c1-3-12-14(24-17-16-12)15(23)18-7-4-5-11(6-8-18)19(10(2)20)9-13(21)22/h11H,3-9H2,1-2H3,(H,21,22)/t11-/m1/s1. The molecule has 1 saturated heterocycles. The van der Waals surface area contributed by atoms with Crippen molar-refractivity contribution in [1.29, 1.82) is 0 Å². The number of amides is 2. The fourth-order valence-electron chi connectivity index (χ4n) is 2.98. The molecule has 1 fully saturated rings. The molecule has 0 radical (unpaired) electrons. The van der Waals surface area contributed by atoms with Crippen molar-refractivity contribution in [3.05, 3.63) is 10.6 Å². The van der Waals surface area contributed by atoms with E-state index in [1.165, 1.54) is 11.8 Å². The SMILES string of the molecule is CCc1nnsc1C(=O)N1CCC[C@@H](N(CC(=O)O)C(C)=O)CC1. The van der Waals surface area contributed by atoms with Gasteiger partial charge in [-0.25, -0.2) is 0 Å². The second kappa shape index (κ2) is 8.18. The first-order valence-electron chi connectivity index (χ1n) is 8.03. The van der Waals surface area contributed by atoms with Crippen molar-refractivity contribution >= 4 is 29.3 Å². The minimum absolute atomic E-state index is 0.0740. The number of aromatic nitrogens is 2. The molecule has 1 aromatic rings. The summed E-state index contributed by atoms with van der Waals surface area (Å²) in [5, 5.41) is 13.0. The molecule has 0 aliphatic carbocycles. The number of hydrogen-bond acceptors (Lipinski definition) is 6. The summed E-state index contributed by atoms with van der Waals surface area (Å²) >= 11 is 1.11. The molecule has 1 aromatic heterocycles. The second-order valence-corrected chi connectivity index (χ2v) is 6.57. The van der Waals surface area contributed by atoms with Crippen LogP contribution in [0.15, 0.2) is 0 Å². The van der Waals surface area contributed by atoms with E-state index in [0.717, 1.165) is 18.0 Å². The van der Waals surface area contributed by atoms with E-state index in [1.54, 1.807) is 4.90 Å². The van der Waals surface area contributed by atoms with Crippen LogP contribution in [0.2, 0.25) is 0 Å². The molecule has 2 amide bonds. The Balaban J connectivity index is 2.05. The molecule has 1 atom stereocenters. The lowest BCUT2D eigenvalue weighted by Gasteiger charge is -2.28. The third-order valence-corrected chi connectivity index (χ3v) is 4.98. The molecule has 0 bridgehead atoms. The van der Waals surface area contributed by atoms with Gasteiger partial charge in [-0.1, -0.05) is 11.4 Å². The van der Waals surface area contributed by atoms with E-state index in [9.17, 15) is 14.4 Å². The molecule has 1 aliphatic rings. The van der Waals surface area contributed by atoms with Crippen molar-refractivity contribution in [2.45, 2.75) is 45.6 Å². The molecule has 24 heavy (non-hydrogen) atoms. The van der Waals surface area contributed by atoms with Crippen LogP contribution < -0.4 is 0 Å². The highest BCUT2D eigenvalue weighted by Gasteiger charge is 2.29. The zero-order valence-electron chi connectivity index (χ0n) is 13.9. The molecular formula is C15H22N4O4S. The fourth-order valence-corrected chi connectivity index (χ4v) is 3.70. The number of aliphatic carboxylic acids is 1. The molecule has 8 nitrogen and oxygen atoms in total. The Morgan fingerprint density at radius 3 is 2.71 bits per heavy atom. The highest BCUT2D eigenvalue weighted by molar-refractivity contribution is 7.08. The number of hydrogen-bond donors (Lipinski definition) is 1. The molecule has 2 heterocycles. The Morgan fingerprint density at radius 1 is 1.33 bits per heavy atom. The number of rotatable bonds is 5. The molecule has 0 spiro atoms. The van der Waals surface area contributed by atoms with Gasteiger partial charge in [0.05, 0.1) is 5.69 Å². The molecule has 9 heteroatoms. The van der Waals surface area contributed by atoms with Gasteiger partial charge >= 0.3 is 5.97 Å². The maximum atomic E-state index is 12.7. The lowest BCUT2D eigenvalue weighted by Crippen LogP contribution is -2.43. The predicted molar refractivity (Wildman–Crippen MR) is 87.9 cm³/mol. The summed E-state index contributed by atoms with van der Waals surface area (Å²) in [6.07, 6.45) is 2.66. The van der Waals surface area contributed by atoms with E-state index in [1.807, 2.05) is 6.92 Å². The van der Waals surface area contributed by atoms with Gasteiger partial charge in [0.1, 0.15) is 11.4 Å². The van der Waals surface area contributed by atoms with E-state index in [0.29, 0.717) is 42.9 Å². The summed E-state index contributed by atoms with van der Waals surface area (Å²) < 4.78 is 3.86. The van der Waals surface area contributed by atoms with Crippen LogP contribution in [0.4, 0.5) is 0 Å². The van der Waals surface area contributed by atoms with Crippen LogP contribution in [-0.2, 0) is 16.0 Å². The molecule has 132 valence electrons. The third kappa shape index (κ3) is 4.28. The second-order valence-electron chi connectivity index (χ2n) is 5.82. The van der Waals surface area contributed by atoms with E-state index < -0.39 is 5.97 Å². The number of carbonyl (C=O) groups excluding carboxylic acids is 2. The average Bonchev–Trinajstić information content (AvgIpc) is 2.88. The smallest absolute Gasteiger partial charge is 0.323 e. The largest absolute Gasteiger partial charge is 0.480 e. The first kappa shape index (κ1) is 18.3. The summed E-state index contributed by atoms with van der Waals surface area (Å²) in [5.74, 6) is -1.34. The van der Waals surface area contributed by atoms with Gasteiger partial charge in [-0.15, -0.1) is 5.10 Å². The summed E-state index contributed by atoms with van der Waals surface area (Å²) in [6.45, 7) is 4.10. The zero-order chi connectivity index (χ0) is 17.7. The van der Waals surface area contributed by atoms with Crippen molar-refractivity contribution < 1.29 is 19.5 Å². The topological polar surface area (TPSA) is 104 Å². The minimum atomic E-state index is -1.02. The summed E-state index contributed by atoms with van der Waals surface area (Å²) in [4.78, 5) is 39.1. The van der Waals surface area contributed by atoms with Crippen LogP contribution >= 0.6 is 11.5 Å². The maximum Gasteiger partial charge on any atom is 0.323 e. The van der Waals surface area contributed by atoms with Crippen molar-refractivity contribution in [2.24, 2.45) is 0 Å².